The molecule has 20 heavy (non-hydrogen) atoms. The molecule has 1 aromatic rings. The normalized spacial score (nSPS) is 18.4. The number of aliphatic hydroxyl groups is 1. The van der Waals surface area contributed by atoms with Crippen molar-refractivity contribution in [1.29, 1.82) is 0 Å². The molecule has 1 amide bonds. The number of carbonyl (C=O) groups excluding carboxylic acids is 1. The predicted molar refractivity (Wildman–Crippen MR) is 73.7 cm³/mol. The molecule has 1 atom stereocenters. The third-order valence-electron chi connectivity index (χ3n) is 3.51. The largest absolute Gasteiger partial charge is 0.498 e. The Balaban J connectivity index is 1.99. The van der Waals surface area contributed by atoms with Crippen molar-refractivity contribution in [2.24, 2.45) is 7.05 Å². The Morgan fingerprint density at radius 3 is 3.00 bits per heavy atom. The molecule has 1 aromatic heterocycles. The number of hydrogen-bond donors (Lipinski definition) is 2. The topological polar surface area (TPSA) is 76.4 Å². The van der Waals surface area contributed by atoms with Crippen LogP contribution >= 0.6 is 0 Å². The number of aryl methyl sites for hydroxylation is 1. The van der Waals surface area contributed by atoms with Crippen LogP contribution in [0.5, 0.6) is 0 Å². The highest BCUT2D eigenvalue weighted by Gasteiger charge is 2.27. The van der Waals surface area contributed by atoms with Gasteiger partial charge in [0.2, 0.25) is 0 Å². The molecule has 110 valence electrons. The predicted octanol–water partition coefficient (Wildman–Crippen LogP) is 0.828. The molecule has 1 aliphatic rings. The highest BCUT2D eigenvalue weighted by atomic mass is 16.5. The molecule has 2 heterocycles. The summed E-state index contributed by atoms with van der Waals surface area (Å²) < 4.78 is 6.99. The maximum atomic E-state index is 12.1. The molecule has 0 saturated carbocycles. The minimum absolute atomic E-state index is 0.133. The van der Waals surface area contributed by atoms with Crippen LogP contribution in [0.4, 0.5) is 0 Å². The molecule has 0 radical (unpaired) electrons. The monoisotopic (exact) mass is 279 g/mol. The van der Waals surface area contributed by atoms with E-state index < -0.39 is 5.60 Å². The quantitative estimate of drug-likeness (QED) is 0.856. The van der Waals surface area contributed by atoms with Gasteiger partial charge in [-0.15, -0.1) is 0 Å². The molecule has 0 spiro atoms. The molecule has 2 N–H and O–H groups in total. The molecule has 0 bridgehead atoms. The SMILES string of the molecule is CC1=C(C(=O)NCC(C)(O)c2cnn(C)c2)CCCO1. The second-order valence-corrected chi connectivity index (χ2v) is 5.35. The molecule has 2 rings (SSSR count). The van der Waals surface area contributed by atoms with E-state index in [2.05, 4.69) is 10.4 Å². The summed E-state index contributed by atoms with van der Waals surface area (Å²) in [6.07, 6.45) is 4.90. The van der Waals surface area contributed by atoms with Gasteiger partial charge in [-0.1, -0.05) is 0 Å². The Labute approximate surface area is 118 Å². The number of nitrogens with zero attached hydrogens (tertiary/aromatic N) is 2. The van der Waals surface area contributed by atoms with Crippen molar-refractivity contribution in [3.05, 3.63) is 29.3 Å². The van der Waals surface area contributed by atoms with Crippen LogP contribution < -0.4 is 5.32 Å². The summed E-state index contributed by atoms with van der Waals surface area (Å²) in [5.74, 6) is 0.501. The van der Waals surface area contributed by atoms with Crippen molar-refractivity contribution in [2.75, 3.05) is 13.2 Å². The number of hydrogen-bond acceptors (Lipinski definition) is 4. The fraction of sp³-hybridized carbons (Fsp3) is 0.571. The van der Waals surface area contributed by atoms with Crippen LogP contribution in [0.3, 0.4) is 0 Å². The molecule has 6 nitrogen and oxygen atoms in total. The zero-order chi connectivity index (χ0) is 14.8. The van der Waals surface area contributed by atoms with E-state index in [0.29, 0.717) is 29.9 Å². The van der Waals surface area contributed by atoms with Gasteiger partial charge in [-0.25, -0.2) is 0 Å². The van der Waals surface area contributed by atoms with Crippen molar-refractivity contribution in [2.45, 2.75) is 32.3 Å². The van der Waals surface area contributed by atoms with E-state index in [1.54, 1.807) is 38.0 Å². The van der Waals surface area contributed by atoms with Crippen molar-refractivity contribution in [3.63, 3.8) is 0 Å². The standard InChI is InChI=1S/C14H21N3O3/c1-10-12(5-4-6-20-10)13(18)15-9-14(2,19)11-7-16-17(3)8-11/h7-8,19H,4-6,9H2,1-3H3,(H,15,18). The second-order valence-electron chi connectivity index (χ2n) is 5.35. The fourth-order valence-electron chi connectivity index (χ4n) is 2.17. The Morgan fingerprint density at radius 1 is 1.65 bits per heavy atom. The number of aromatic nitrogens is 2. The maximum Gasteiger partial charge on any atom is 0.250 e. The van der Waals surface area contributed by atoms with Gasteiger partial charge < -0.3 is 15.2 Å². The molecule has 0 fully saturated rings. The minimum Gasteiger partial charge on any atom is -0.498 e. The van der Waals surface area contributed by atoms with Crippen LogP contribution in [0.25, 0.3) is 0 Å². The van der Waals surface area contributed by atoms with E-state index in [0.717, 1.165) is 6.42 Å². The van der Waals surface area contributed by atoms with Gasteiger partial charge in [-0.2, -0.15) is 5.10 Å². The Hall–Kier alpha value is -1.82. The number of ether oxygens (including phenoxy) is 1. The lowest BCUT2D eigenvalue weighted by Crippen LogP contribution is -2.39. The van der Waals surface area contributed by atoms with Gasteiger partial charge in [0.15, 0.2) is 0 Å². The highest BCUT2D eigenvalue weighted by Crippen LogP contribution is 2.21. The lowest BCUT2D eigenvalue weighted by atomic mass is 9.99. The molecular weight excluding hydrogens is 258 g/mol. The van der Waals surface area contributed by atoms with E-state index in [-0.39, 0.29) is 12.5 Å². The summed E-state index contributed by atoms with van der Waals surface area (Å²) in [6.45, 7) is 4.25. The zero-order valence-corrected chi connectivity index (χ0v) is 12.1. The average molecular weight is 279 g/mol. The Bertz CT molecular complexity index is 532. The Kier molecular flexibility index (Phi) is 4.13. The van der Waals surface area contributed by atoms with Gasteiger partial charge in [-0.05, 0) is 26.7 Å². The number of amides is 1. The van der Waals surface area contributed by atoms with Crippen molar-refractivity contribution in [3.8, 4) is 0 Å². The third-order valence-corrected chi connectivity index (χ3v) is 3.51. The first-order valence-corrected chi connectivity index (χ1v) is 6.72. The van der Waals surface area contributed by atoms with Crippen LogP contribution in [0.2, 0.25) is 0 Å². The van der Waals surface area contributed by atoms with Crippen molar-refractivity contribution < 1.29 is 14.6 Å². The summed E-state index contributed by atoms with van der Waals surface area (Å²) in [5.41, 5.74) is 0.192. The van der Waals surface area contributed by atoms with Gasteiger partial charge in [0.1, 0.15) is 11.4 Å². The number of rotatable bonds is 4. The molecule has 0 saturated heterocycles. The molecule has 1 unspecified atom stereocenters. The van der Waals surface area contributed by atoms with Gasteiger partial charge in [-0.3, -0.25) is 9.48 Å². The summed E-state index contributed by atoms with van der Waals surface area (Å²) in [7, 11) is 1.78. The summed E-state index contributed by atoms with van der Waals surface area (Å²) in [5, 5.41) is 17.2. The van der Waals surface area contributed by atoms with E-state index in [9.17, 15) is 9.90 Å². The van der Waals surface area contributed by atoms with Gasteiger partial charge in [0.25, 0.3) is 5.91 Å². The zero-order valence-electron chi connectivity index (χ0n) is 12.1. The molecular formula is C14H21N3O3. The molecule has 0 aliphatic carbocycles. The summed E-state index contributed by atoms with van der Waals surface area (Å²) in [4.78, 5) is 12.1. The third kappa shape index (κ3) is 3.19. The van der Waals surface area contributed by atoms with Crippen LogP contribution in [-0.4, -0.2) is 33.9 Å². The van der Waals surface area contributed by atoms with E-state index in [1.807, 2.05) is 0 Å². The Morgan fingerprint density at radius 2 is 2.40 bits per heavy atom. The molecule has 1 aliphatic heterocycles. The van der Waals surface area contributed by atoms with Gasteiger partial charge in [0, 0.05) is 18.8 Å². The first-order valence-electron chi connectivity index (χ1n) is 6.72. The van der Waals surface area contributed by atoms with E-state index in [4.69, 9.17) is 4.74 Å². The summed E-state index contributed by atoms with van der Waals surface area (Å²) in [6, 6.07) is 0. The van der Waals surface area contributed by atoms with Crippen molar-refractivity contribution in [1.82, 2.24) is 15.1 Å². The number of allylic oxidation sites excluding steroid dienone is 1. The minimum atomic E-state index is -1.14. The second kappa shape index (κ2) is 5.66. The van der Waals surface area contributed by atoms with Crippen LogP contribution in [-0.2, 0) is 22.2 Å². The molecule has 6 heteroatoms. The lowest BCUT2D eigenvalue weighted by Gasteiger charge is -2.24. The average Bonchev–Trinajstić information content (AvgIpc) is 2.84. The number of nitrogens with one attached hydrogen (secondary N) is 1. The summed E-state index contributed by atoms with van der Waals surface area (Å²) >= 11 is 0. The van der Waals surface area contributed by atoms with E-state index >= 15 is 0 Å². The van der Waals surface area contributed by atoms with Crippen LogP contribution in [0.15, 0.2) is 23.7 Å². The smallest absolute Gasteiger partial charge is 0.250 e. The van der Waals surface area contributed by atoms with Crippen molar-refractivity contribution >= 4 is 5.91 Å². The van der Waals surface area contributed by atoms with E-state index in [1.165, 1.54) is 0 Å². The fourth-order valence-corrected chi connectivity index (χ4v) is 2.17. The molecule has 0 aromatic carbocycles. The maximum absolute atomic E-state index is 12.1. The number of carbonyl (C=O) groups is 1. The highest BCUT2D eigenvalue weighted by molar-refractivity contribution is 5.93. The van der Waals surface area contributed by atoms with Gasteiger partial charge in [0.05, 0.1) is 24.9 Å². The first kappa shape index (κ1) is 14.6. The lowest BCUT2D eigenvalue weighted by molar-refractivity contribution is -0.119. The van der Waals surface area contributed by atoms with Gasteiger partial charge >= 0.3 is 0 Å². The van der Waals surface area contributed by atoms with Crippen LogP contribution in [0.1, 0.15) is 32.3 Å². The van der Waals surface area contributed by atoms with Crippen LogP contribution in [0, 0.1) is 0 Å². The first-order chi connectivity index (χ1) is 9.40.